The molecule has 0 unspecified atom stereocenters. The fraction of sp³-hybridized carbons (Fsp3) is 0.556. The van der Waals surface area contributed by atoms with E-state index < -0.39 is 22.5 Å². The van der Waals surface area contributed by atoms with Gasteiger partial charge in [0, 0.05) is 19.5 Å². The number of halogens is 1. The molecule has 29 heavy (non-hydrogen) atoms. The molecule has 0 radical (unpaired) electrons. The number of ether oxygens (including phenoxy) is 1. The minimum atomic E-state index is -3.72. The van der Waals surface area contributed by atoms with E-state index in [1.165, 1.54) is 22.5 Å². The Morgan fingerprint density at radius 1 is 1.21 bits per heavy atom. The molecular weight excluding hydrogens is 422 g/mol. The predicted octanol–water partition coefficient (Wildman–Crippen LogP) is 1.93. The molecular formula is C18H26ClN3O6S. The average Bonchev–Trinajstić information content (AvgIpc) is 2.70. The van der Waals surface area contributed by atoms with Crippen molar-refractivity contribution in [3.8, 4) is 0 Å². The number of nitrogens with zero attached hydrogens (tertiary/aromatic N) is 1. The third-order valence-electron chi connectivity index (χ3n) is 4.22. The Morgan fingerprint density at radius 2 is 1.93 bits per heavy atom. The molecule has 1 fully saturated rings. The van der Waals surface area contributed by atoms with Crippen LogP contribution in [-0.4, -0.2) is 57.4 Å². The Kier molecular flexibility index (Phi) is 9.31. The molecule has 0 spiro atoms. The van der Waals surface area contributed by atoms with Crippen molar-refractivity contribution in [2.75, 3.05) is 38.2 Å². The zero-order valence-corrected chi connectivity index (χ0v) is 17.9. The fourth-order valence-corrected chi connectivity index (χ4v) is 4.25. The van der Waals surface area contributed by atoms with E-state index in [2.05, 4.69) is 10.8 Å². The molecule has 2 amide bonds. The van der Waals surface area contributed by atoms with Crippen molar-refractivity contribution in [1.29, 1.82) is 0 Å². The molecule has 1 heterocycles. The third kappa shape index (κ3) is 7.23. The number of carbonyl (C=O) groups excluding carboxylic acids is 2. The minimum absolute atomic E-state index is 0.0178. The Morgan fingerprint density at radius 3 is 2.62 bits per heavy atom. The molecule has 2 rings (SSSR count). The molecule has 0 aliphatic carbocycles. The van der Waals surface area contributed by atoms with Gasteiger partial charge in [0.25, 0.3) is 5.91 Å². The number of nitrogens with one attached hydrogen (secondary N) is 2. The van der Waals surface area contributed by atoms with Crippen LogP contribution in [0.25, 0.3) is 0 Å². The van der Waals surface area contributed by atoms with Gasteiger partial charge in [0.1, 0.15) is 0 Å². The number of morpholine rings is 1. The highest BCUT2D eigenvalue weighted by molar-refractivity contribution is 7.89. The molecule has 0 bridgehead atoms. The molecule has 2 N–H and O–H groups in total. The Labute approximate surface area is 175 Å². The first-order valence-electron chi connectivity index (χ1n) is 9.42. The lowest BCUT2D eigenvalue weighted by molar-refractivity contribution is -0.137. The Balaban J connectivity index is 1.92. The normalized spacial score (nSPS) is 15.1. The summed E-state index contributed by atoms with van der Waals surface area (Å²) in [4.78, 5) is 28.5. The SMILES string of the molecule is CCCCCC(=O)NOCC(=O)Nc1cc(S(=O)(=O)N2CCOCC2)ccc1Cl. The molecule has 1 aliphatic heterocycles. The Bertz CT molecular complexity index is 812. The van der Waals surface area contributed by atoms with Gasteiger partial charge < -0.3 is 10.1 Å². The van der Waals surface area contributed by atoms with Gasteiger partial charge in [-0.2, -0.15) is 4.31 Å². The van der Waals surface area contributed by atoms with Crippen LogP contribution in [0, 0.1) is 0 Å². The van der Waals surface area contributed by atoms with Gasteiger partial charge in [0.15, 0.2) is 6.61 Å². The molecule has 0 atom stereocenters. The number of carbonyl (C=O) groups is 2. The lowest BCUT2D eigenvalue weighted by Gasteiger charge is -2.26. The highest BCUT2D eigenvalue weighted by Crippen LogP contribution is 2.27. The van der Waals surface area contributed by atoms with Gasteiger partial charge >= 0.3 is 0 Å². The van der Waals surface area contributed by atoms with E-state index in [1.54, 1.807) is 0 Å². The standard InChI is InChI=1S/C18H26ClN3O6S/c1-2-3-4-5-17(23)21-28-13-18(24)20-16-12-14(6-7-15(16)19)29(25,26)22-8-10-27-11-9-22/h6-7,12H,2-5,8-11,13H2,1H3,(H,20,24)(H,21,23). The van der Waals surface area contributed by atoms with E-state index in [1.807, 2.05) is 6.92 Å². The van der Waals surface area contributed by atoms with Crippen LogP contribution < -0.4 is 10.8 Å². The quantitative estimate of drug-likeness (QED) is 0.418. The van der Waals surface area contributed by atoms with E-state index in [4.69, 9.17) is 21.2 Å². The zero-order valence-electron chi connectivity index (χ0n) is 16.3. The maximum atomic E-state index is 12.7. The summed E-state index contributed by atoms with van der Waals surface area (Å²) >= 11 is 6.08. The number of benzene rings is 1. The summed E-state index contributed by atoms with van der Waals surface area (Å²) in [7, 11) is -3.72. The van der Waals surface area contributed by atoms with Gasteiger partial charge in [-0.1, -0.05) is 31.4 Å². The van der Waals surface area contributed by atoms with Gasteiger partial charge in [-0.25, -0.2) is 13.9 Å². The predicted molar refractivity (Wildman–Crippen MR) is 108 cm³/mol. The highest BCUT2D eigenvalue weighted by Gasteiger charge is 2.27. The summed E-state index contributed by atoms with van der Waals surface area (Å²) in [5.41, 5.74) is 2.35. The monoisotopic (exact) mass is 447 g/mol. The molecule has 1 saturated heterocycles. The van der Waals surface area contributed by atoms with Crippen LogP contribution in [0.5, 0.6) is 0 Å². The average molecular weight is 448 g/mol. The molecule has 11 heteroatoms. The third-order valence-corrected chi connectivity index (χ3v) is 6.44. The summed E-state index contributed by atoms with van der Waals surface area (Å²) in [6, 6.07) is 4.09. The van der Waals surface area contributed by atoms with Crippen molar-refractivity contribution in [2.24, 2.45) is 0 Å². The molecule has 162 valence electrons. The summed E-state index contributed by atoms with van der Waals surface area (Å²) < 4.78 is 32.0. The van der Waals surface area contributed by atoms with Gasteiger partial charge in [0.2, 0.25) is 15.9 Å². The van der Waals surface area contributed by atoms with Crippen molar-refractivity contribution in [3.63, 3.8) is 0 Å². The van der Waals surface area contributed by atoms with Crippen LogP contribution in [0.15, 0.2) is 23.1 Å². The number of hydroxylamine groups is 1. The van der Waals surface area contributed by atoms with Gasteiger partial charge in [-0.3, -0.25) is 14.4 Å². The number of hydrogen-bond acceptors (Lipinski definition) is 6. The maximum Gasteiger partial charge on any atom is 0.253 e. The smallest absolute Gasteiger partial charge is 0.253 e. The van der Waals surface area contributed by atoms with Crippen LogP contribution in [0.4, 0.5) is 5.69 Å². The first kappa shape index (κ1) is 23.6. The summed E-state index contributed by atoms with van der Waals surface area (Å²) in [5, 5.41) is 2.68. The van der Waals surface area contributed by atoms with E-state index in [9.17, 15) is 18.0 Å². The van der Waals surface area contributed by atoms with E-state index in [0.29, 0.717) is 19.6 Å². The largest absolute Gasteiger partial charge is 0.379 e. The van der Waals surface area contributed by atoms with Crippen LogP contribution in [0.3, 0.4) is 0 Å². The molecule has 0 saturated carbocycles. The number of unbranched alkanes of at least 4 members (excludes halogenated alkanes) is 2. The maximum absolute atomic E-state index is 12.7. The lowest BCUT2D eigenvalue weighted by Crippen LogP contribution is -2.40. The minimum Gasteiger partial charge on any atom is -0.379 e. The molecule has 0 aromatic heterocycles. The lowest BCUT2D eigenvalue weighted by atomic mass is 10.2. The zero-order chi connectivity index (χ0) is 21.3. The second-order valence-electron chi connectivity index (χ2n) is 6.48. The van der Waals surface area contributed by atoms with E-state index in [-0.39, 0.29) is 34.6 Å². The van der Waals surface area contributed by atoms with Gasteiger partial charge in [-0.15, -0.1) is 0 Å². The molecule has 1 aromatic rings. The van der Waals surface area contributed by atoms with Crippen molar-refractivity contribution >= 4 is 39.1 Å². The van der Waals surface area contributed by atoms with Crippen LogP contribution >= 0.6 is 11.6 Å². The number of hydrogen-bond donors (Lipinski definition) is 2. The van der Waals surface area contributed by atoms with Crippen molar-refractivity contribution < 1.29 is 27.6 Å². The van der Waals surface area contributed by atoms with E-state index >= 15 is 0 Å². The highest BCUT2D eigenvalue weighted by atomic mass is 35.5. The molecule has 1 aromatic carbocycles. The van der Waals surface area contributed by atoms with Crippen molar-refractivity contribution in [3.05, 3.63) is 23.2 Å². The molecule has 1 aliphatic rings. The summed E-state index contributed by atoms with van der Waals surface area (Å²) in [5.74, 6) is -0.885. The molecule has 9 nitrogen and oxygen atoms in total. The van der Waals surface area contributed by atoms with Gasteiger partial charge in [0.05, 0.1) is 28.8 Å². The van der Waals surface area contributed by atoms with Crippen LogP contribution in [0.2, 0.25) is 5.02 Å². The Hall–Kier alpha value is -1.72. The second kappa shape index (κ2) is 11.5. The second-order valence-corrected chi connectivity index (χ2v) is 8.82. The number of amides is 2. The van der Waals surface area contributed by atoms with Crippen LogP contribution in [-0.2, 0) is 29.2 Å². The van der Waals surface area contributed by atoms with Crippen LogP contribution in [0.1, 0.15) is 32.6 Å². The van der Waals surface area contributed by atoms with Gasteiger partial charge in [-0.05, 0) is 24.6 Å². The number of anilines is 1. The first-order chi connectivity index (χ1) is 13.8. The first-order valence-corrected chi connectivity index (χ1v) is 11.2. The summed E-state index contributed by atoms with van der Waals surface area (Å²) in [6.07, 6.45) is 3.01. The van der Waals surface area contributed by atoms with E-state index in [0.717, 1.165) is 19.3 Å². The van der Waals surface area contributed by atoms with Crippen molar-refractivity contribution in [2.45, 2.75) is 37.5 Å². The fourth-order valence-electron chi connectivity index (χ4n) is 2.65. The summed E-state index contributed by atoms with van der Waals surface area (Å²) in [6.45, 7) is 2.79. The number of rotatable bonds is 10. The topological polar surface area (TPSA) is 114 Å². The van der Waals surface area contributed by atoms with Crippen molar-refractivity contribution in [1.82, 2.24) is 9.79 Å². The number of sulfonamides is 1.